The van der Waals surface area contributed by atoms with Crippen LogP contribution in [-0.4, -0.2) is 22.6 Å². The maximum absolute atomic E-state index is 12.4. The molecule has 0 aliphatic carbocycles. The van der Waals surface area contributed by atoms with Gasteiger partial charge in [0.05, 0.1) is 16.6 Å². The van der Waals surface area contributed by atoms with Crippen molar-refractivity contribution in [2.75, 3.05) is 6.54 Å². The summed E-state index contributed by atoms with van der Waals surface area (Å²) < 4.78 is 5.23. The molecule has 2 aromatic heterocycles. The van der Waals surface area contributed by atoms with Crippen molar-refractivity contribution in [3.05, 3.63) is 23.0 Å². The van der Waals surface area contributed by atoms with Gasteiger partial charge in [-0.05, 0) is 25.3 Å². The number of carbonyl (C=O) groups is 1. The summed E-state index contributed by atoms with van der Waals surface area (Å²) in [5.74, 6) is 0.151. The number of aromatic nitrogens is 2. The Hall–Kier alpha value is -1.91. The Morgan fingerprint density at radius 1 is 1.38 bits per heavy atom. The molecule has 5 nitrogen and oxygen atoms in total. The van der Waals surface area contributed by atoms with E-state index in [1.165, 1.54) is 0 Å². The molecule has 0 spiro atoms. The second-order valence-electron chi connectivity index (χ2n) is 5.66. The van der Waals surface area contributed by atoms with Crippen LogP contribution < -0.4 is 5.32 Å². The molecule has 0 aromatic carbocycles. The molecule has 0 fully saturated rings. The lowest BCUT2D eigenvalue weighted by Gasteiger charge is -2.09. The highest BCUT2D eigenvalue weighted by molar-refractivity contribution is 6.06. The summed E-state index contributed by atoms with van der Waals surface area (Å²) in [4.78, 5) is 16.9. The number of pyridine rings is 1. The number of hydrogen-bond acceptors (Lipinski definition) is 4. The Morgan fingerprint density at radius 3 is 2.81 bits per heavy atom. The van der Waals surface area contributed by atoms with Gasteiger partial charge in [0.1, 0.15) is 0 Å². The van der Waals surface area contributed by atoms with Crippen molar-refractivity contribution < 1.29 is 9.32 Å². The molecule has 0 bridgehead atoms. The fraction of sp³-hybridized carbons (Fsp3) is 0.562. The Labute approximate surface area is 125 Å². The average molecular weight is 289 g/mol. The van der Waals surface area contributed by atoms with E-state index in [9.17, 15) is 4.79 Å². The minimum atomic E-state index is -0.0771. The average Bonchev–Trinajstić information content (AvgIpc) is 2.84. The molecule has 0 aliphatic rings. The molecule has 0 unspecified atom stereocenters. The Bertz CT molecular complexity index is 632. The summed E-state index contributed by atoms with van der Waals surface area (Å²) in [7, 11) is 0. The van der Waals surface area contributed by atoms with Crippen molar-refractivity contribution >= 4 is 17.0 Å². The highest BCUT2D eigenvalue weighted by atomic mass is 16.5. The zero-order chi connectivity index (χ0) is 15.4. The molecular formula is C16H23N3O2. The van der Waals surface area contributed by atoms with E-state index < -0.39 is 0 Å². The molecule has 2 aromatic rings. The van der Waals surface area contributed by atoms with Crippen molar-refractivity contribution in [1.82, 2.24) is 15.5 Å². The van der Waals surface area contributed by atoms with Gasteiger partial charge >= 0.3 is 0 Å². The molecule has 1 amide bonds. The van der Waals surface area contributed by atoms with E-state index in [-0.39, 0.29) is 11.8 Å². The van der Waals surface area contributed by atoms with Gasteiger partial charge in [0.2, 0.25) is 0 Å². The highest BCUT2D eigenvalue weighted by Crippen LogP contribution is 2.24. The molecule has 21 heavy (non-hydrogen) atoms. The summed E-state index contributed by atoms with van der Waals surface area (Å²) >= 11 is 0. The van der Waals surface area contributed by atoms with Gasteiger partial charge in [-0.15, -0.1) is 0 Å². The van der Waals surface area contributed by atoms with Gasteiger partial charge < -0.3 is 9.84 Å². The van der Waals surface area contributed by atoms with Crippen LogP contribution in [0, 0.1) is 6.92 Å². The molecule has 114 valence electrons. The molecule has 2 heterocycles. The third-order valence-electron chi connectivity index (χ3n) is 3.54. The van der Waals surface area contributed by atoms with Crippen LogP contribution in [0.5, 0.6) is 0 Å². The predicted octanol–water partition coefficient (Wildman–Crippen LogP) is 3.57. The van der Waals surface area contributed by atoms with Gasteiger partial charge in [0, 0.05) is 12.2 Å². The van der Waals surface area contributed by atoms with Gasteiger partial charge in [-0.2, -0.15) is 0 Å². The summed E-state index contributed by atoms with van der Waals surface area (Å²) in [6.07, 6.45) is 3.25. The summed E-state index contributed by atoms with van der Waals surface area (Å²) in [6.45, 7) is 8.75. The molecule has 1 N–H and O–H groups in total. The number of aryl methyl sites for hydroxylation is 1. The number of rotatable bonds is 6. The van der Waals surface area contributed by atoms with E-state index in [0.29, 0.717) is 28.9 Å². The minimum absolute atomic E-state index is 0.0771. The predicted molar refractivity (Wildman–Crippen MR) is 82.5 cm³/mol. The first-order valence-electron chi connectivity index (χ1n) is 7.59. The third kappa shape index (κ3) is 3.40. The minimum Gasteiger partial charge on any atom is -0.352 e. The second-order valence-corrected chi connectivity index (χ2v) is 5.66. The lowest BCUT2D eigenvalue weighted by molar-refractivity contribution is 0.0954. The van der Waals surface area contributed by atoms with Crippen LogP contribution in [0.1, 0.15) is 67.7 Å². The monoisotopic (exact) mass is 289 g/mol. The number of nitrogens with one attached hydrogen (secondary N) is 1. The molecule has 2 rings (SSSR count). The fourth-order valence-electron chi connectivity index (χ4n) is 2.26. The van der Waals surface area contributed by atoms with E-state index in [1.54, 1.807) is 0 Å². The maximum atomic E-state index is 12.4. The lowest BCUT2D eigenvalue weighted by Crippen LogP contribution is -2.25. The summed E-state index contributed by atoms with van der Waals surface area (Å²) in [6, 6.07) is 1.85. The van der Waals surface area contributed by atoms with Crippen molar-refractivity contribution in [1.29, 1.82) is 0 Å². The Morgan fingerprint density at radius 2 is 2.14 bits per heavy atom. The van der Waals surface area contributed by atoms with Crippen LogP contribution in [0.2, 0.25) is 0 Å². The number of fused-ring (bicyclic) bond motifs is 1. The van der Waals surface area contributed by atoms with Crippen LogP contribution in [0.3, 0.4) is 0 Å². The normalized spacial score (nSPS) is 11.3. The van der Waals surface area contributed by atoms with E-state index in [4.69, 9.17) is 4.52 Å². The number of amides is 1. The summed E-state index contributed by atoms with van der Waals surface area (Å²) in [5.41, 5.74) is 2.60. The first-order valence-corrected chi connectivity index (χ1v) is 7.59. The van der Waals surface area contributed by atoms with E-state index >= 15 is 0 Å². The van der Waals surface area contributed by atoms with Crippen molar-refractivity contribution in [3.8, 4) is 0 Å². The molecule has 0 aliphatic heterocycles. The van der Waals surface area contributed by atoms with Gasteiger partial charge in [-0.25, -0.2) is 4.98 Å². The Balaban J connectivity index is 2.31. The highest BCUT2D eigenvalue weighted by Gasteiger charge is 2.19. The van der Waals surface area contributed by atoms with Crippen molar-refractivity contribution in [2.45, 2.75) is 52.9 Å². The molecule has 0 saturated heterocycles. The smallest absolute Gasteiger partial charge is 0.259 e. The van der Waals surface area contributed by atoms with Crippen LogP contribution in [0.4, 0.5) is 0 Å². The molecular weight excluding hydrogens is 266 g/mol. The first kappa shape index (κ1) is 15.5. The summed E-state index contributed by atoms with van der Waals surface area (Å²) in [5, 5.41) is 7.62. The van der Waals surface area contributed by atoms with E-state index in [1.807, 2.05) is 26.8 Å². The standard InChI is InChI=1S/C16H23N3O2/c1-5-6-7-8-17-15(20)12-9-13(10(2)3)18-16-14(12)11(4)19-21-16/h9-10H,5-8H2,1-4H3,(H,17,20). The van der Waals surface area contributed by atoms with Crippen LogP contribution >= 0.6 is 0 Å². The lowest BCUT2D eigenvalue weighted by atomic mass is 10.0. The SMILES string of the molecule is CCCCCNC(=O)c1cc(C(C)C)nc2onc(C)c12. The van der Waals surface area contributed by atoms with Crippen molar-refractivity contribution in [2.24, 2.45) is 0 Å². The number of carbonyl (C=O) groups excluding carboxylic acids is 1. The second kappa shape index (κ2) is 6.70. The van der Waals surface area contributed by atoms with Crippen LogP contribution in [0.25, 0.3) is 11.1 Å². The van der Waals surface area contributed by atoms with Gasteiger partial charge in [0.15, 0.2) is 0 Å². The number of hydrogen-bond donors (Lipinski definition) is 1. The van der Waals surface area contributed by atoms with Gasteiger partial charge in [-0.3, -0.25) is 4.79 Å². The maximum Gasteiger partial charge on any atom is 0.259 e. The zero-order valence-electron chi connectivity index (χ0n) is 13.2. The third-order valence-corrected chi connectivity index (χ3v) is 3.54. The quantitative estimate of drug-likeness (QED) is 0.825. The van der Waals surface area contributed by atoms with Gasteiger partial charge in [-0.1, -0.05) is 38.8 Å². The molecule has 5 heteroatoms. The molecule has 0 atom stereocenters. The molecule has 0 radical (unpaired) electrons. The largest absolute Gasteiger partial charge is 0.352 e. The fourth-order valence-corrected chi connectivity index (χ4v) is 2.26. The molecule has 0 saturated carbocycles. The van der Waals surface area contributed by atoms with Crippen LogP contribution in [0.15, 0.2) is 10.6 Å². The number of nitrogens with zero attached hydrogens (tertiary/aromatic N) is 2. The zero-order valence-corrected chi connectivity index (χ0v) is 13.2. The van der Waals surface area contributed by atoms with Crippen molar-refractivity contribution in [3.63, 3.8) is 0 Å². The first-order chi connectivity index (χ1) is 10.0. The van der Waals surface area contributed by atoms with E-state index in [2.05, 4.69) is 22.4 Å². The van der Waals surface area contributed by atoms with E-state index in [0.717, 1.165) is 25.0 Å². The Kier molecular flexibility index (Phi) is 4.94. The van der Waals surface area contributed by atoms with Gasteiger partial charge in [0.25, 0.3) is 11.6 Å². The number of unbranched alkanes of at least 4 members (excludes halogenated alkanes) is 2. The topological polar surface area (TPSA) is 68.0 Å². The van der Waals surface area contributed by atoms with Crippen LogP contribution in [-0.2, 0) is 0 Å².